The third kappa shape index (κ3) is 3.11. The zero-order valence-electron chi connectivity index (χ0n) is 5.79. The second kappa shape index (κ2) is 4.35. The number of ether oxygens (including phenoxy) is 1. The van der Waals surface area contributed by atoms with E-state index in [2.05, 4.69) is 0 Å². The van der Waals surface area contributed by atoms with Gasteiger partial charge in [0.05, 0.1) is 12.7 Å². The molecule has 0 aromatic rings. The number of aliphatic hydroxyl groups is 1. The third-order valence-electron chi connectivity index (χ3n) is 1.06. The minimum absolute atomic E-state index is 0.397. The molecule has 0 aromatic heterocycles. The Morgan fingerprint density at radius 3 is 2.56 bits per heavy atom. The fraction of sp³-hybridized carbons (Fsp3) is 0.667. The van der Waals surface area contributed by atoms with Gasteiger partial charge in [0, 0.05) is 7.11 Å². The minimum atomic E-state index is -0.505. The number of hydrogen-bond acceptors (Lipinski definition) is 3. The molecule has 1 unspecified atom stereocenters. The molecule has 0 radical (unpaired) electrons. The standard InChI is InChI=1S/C6H13NO2/c1-5(8)6(3-7)4-9-2/h3,5,8H,4,7H2,1-2H3/b6-3-. The van der Waals surface area contributed by atoms with Crippen molar-refractivity contribution >= 4 is 0 Å². The van der Waals surface area contributed by atoms with E-state index in [-0.39, 0.29) is 0 Å². The van der Waals surface area contributed by atoms with Crippen LogP contribution in [0.25, 0.3) is 0 Å². The third-order valence-corrected chi connectivity index (χ3v) is 1.06. The van der Waals surface area contributed by atoms with Crippen molar-refractivity contribution < 1.29 is 9.84 Å². The summed E-state index contributed by atoms with van der Waals surface area (Å²) in [7, 11) is 1.56. The van der Waals surface area contributed by atoms with E-state index < -0.39 is 6.10 Å². The molecule has 0 aromatic carbocycles. The molecule has 3 N–H and O–H groups in total. The summed E-state index contributed by atoms with van der Waals surface area (Å²) in [5, 5.41) is 8.91. The summed E-state index contributed by atoms with van der Waals surface area (Å²) in [5.74, 6) is 0. The molecule has 0 rings (SSSR count). The van der Waals surface area contributed by atoms with Crippen molar-refractivity contribution in [1.82, 2.24) is 0 Å². The van der Waals surface area contributed by atoms with E-state index in [1.54, 1.807) is 14.0 Å². The first-order valence-electron chi connectivity index (χ1n) is 2.80. The summed E-state index contributed by atoms with van der Waals surface area (Å²) in [5.41, 5.74) is 5.86. The van der Waals surface area contributed by atoms with Crippen molar-refractivity contribution in [2.45, 2.75) is 13.0 Å². The highest BCUT2D eigenvalue weighted by Gasteiger charge is 2.01. The van der Waals surface area contributed by atoms with Gasteiger partial charge in [0.25, 0.3) is 0 Å². The average molecular weight is 131 g/mol. The van der Waals surface area contributed by atoms with Crippen LogP contribution in [0.15, 0.2) is 11.8 Å². The van der Waals surface area contributed by atoms with E-state index in [4.69, 9.17) is 15.6 Å². The van der Waals surface area contributed by atoms with Gasteiger partial charge in [-0.15, -0.1) is 0 Å². The van der Waals surface area contributed by atoms with Gasteiger partial charge in [0.2, 0.25) is 0 Å². The summed E-state index contributed by atoms with van der Waals surface area (Å²) in [6.07, 6.45) is 0.865. The zero-order valence-corrected chi connectivity index (χ0v) is 5.79. The number of rotatable bonds is 3. The van der Waals surface area contributed by atoms with Crippen LogP contribution in [0.4, 0.5) is 0 Å². The van der Waals surface area contributed by atoms with Crippen molar-refractivity contribution in [3.63, 3.8) is 0 Å². The van der Waals surface area contributed by atoms with Gasteiger partial charge < -0.3 is 15.6 Å². The number of methoxy groups -OCH3 is 1. The first-order valence-corrected chi connectivity index (χ1v) is 2.80. The molecule has 0 amide bonds. The molecule has 3 heteroatoms. The Balaban J connectivity index is 3.70. The van der Waals surface area contributed by atoms with E-state index in [1.807, 2.05) is 0 Å². The molecule has 0 spiro atoms. The van der Waals surface area contributed by atoms with Gasteiger partial charge in [-0.05, 0) is 18.7 Å². The summed E-state index contributed by atoms with van der Waals surface area (Å²) in [6, 6.07) is 0. The Morgan fingerprint density at radius 2 is 2.44 bits per heavy atom. The molecule has 0 fully saturated rings. The van der Waals surface area contributed by atoms with E-state index in [1.165, 1.54) is 6.20 Å². The van der Waals surface area contributed by atoms with Crippen LogP contribution < -0.4 is 5.73 Å². The average Bonchev–Trinajstić information content (AvgIpc) is 1.82. The molecule has 0 saturated carbocycles. The van der Waals surface area contributed by atoms with E-state index in [9.17, 15) is 0 Å². The van der Waals surface area contributed by atoms with Gasteiger partial charge >= 0.3 is 0 Å². The first-order chi connectivity index (χ1) is 4.22. The second-order valence-corrected chi connectivity index (χ2v) is 1.85. The van der Waals surface area contributed by atoms with Gasteiger partial charge in [-0.2, -0.15) is 0 Å². The highest BCUT2D eigenvalue weighted by molar-refractivity contribution is 5.04. The number of aliphatic hydroxyl groups excluding tert-OH is 1. The lowest BCUT2D eigenvalue weighted by atomic mass is 10.2. The van der Waals surface area contributed by atoms with Crippen LogP contribution in [0.3, 0.4) is 0 Å². The van der Waals surface area contributed by atoms with Crippen LogP contribution in [-0.2, 0) is 4.74 Å². The van der Waals surface area contributed by atoms with Crippen molar-refractivity contribution in [1.29, 1.82) is 0 Å². The Morgan fingerprint density at radius 1 is 1.89 bits per heavy atom. The van der Waals surface area contributed by atoms with Gasteiger partial charge in [-0.25, -0.2) is 0 Å². The summed E-state index contributed by atoms with van der Waals surface area (Å²) in [4.78, 5) is 0. The number of nitrogens with two attached hydrogens (primary N) is 1. The Hall–Kier alpha value is -0.540. The molecule has 9 heavy (non-hydrogen) atoms. The molecule has 1 atom stereocenters. The van der Waals surface area contributed by atoms with Crippen molar-refractivity contribution in [2.24, 2.45) is 5.73 Å². The first kappa shape index (κ1) is 8.46. The van der Waals surface area contributed by atoms with Gasteiger partial charge in [0.15, 0.2) is 0 Å². The normalized spacial score (nSPS) is 15.7. The summed E-state index contributed by atoms with van der Waals surface area (Å²) >= 11 is 0. The maximum absolute atomic E-state index is 8.91. The van der Waals surface area contributed by atoms with E-state index in [0.717, 1.165) is 0 Å². The smallest absolute Gasteiger partial charge is 0.0761 e. The predicted molar refractivity (Wildman–Crippen MR) is 35.8 cm³/mol. The molecule has 0 aliphatic rings. The molecular weight excluding hydrogens is 118 g/mol. The lowest BCUT2D eigenvalue weighted by Crippen LogP contribution is -2.11. The Bertz CT molecular complexity index is 99.2. The summed E-state index contributed by atoms with van der Waals surface area (Å²) in [6.45, 7) is 2.05. The Labute approximate surface area is 55.1 Å². The summed E-state index contributed by atoms with van der Waals surface area (Å²) < 4.78 is 4.75. The SMILES string of the molecule is COC/C(=C/N)C(C)O. The fourth-order valence-electron chi connectivity index (χ4n) is 0.475. The van der Waals surface area contributed by atoms with Crippen molar-refractivity contribution in [3.05, 3.63) is 11.8 Å². The zero-order chi connectivity index (χ0) is 7.28. The topological polar surface area (TPSA) is 55.5 Å². The maximum atomic E-state index is 8.91. The molecule has 54 valence electrons. The van der Waals surface area contributed by atoms with Gasteiger partial charge in [-0.1, -0.05) is 0 Å². The fourth-order valence-corrected chi connectivity index (χ4v) is 0.475. The molecular formula is C6H13NO2. The van der Waals surface area contributed by atoms with Crippen LogP contribution in [0.2, 0.25) is 0 Å². The molecule has 3 nitrogen and oxygen atoms in total. The Kier molecular flexibility index (Phi) is 4.09. The van der Waals surface area contributed by atoms with E-state index in [0.29, 0.717) is 12.2 Å². The van der Waals surface area contributed by atoms with Crippen molar-refractivity contribution in [2.75, 3.05) is 13.7 Å². The lowest BCUT2D eigenvalue weighted by molar-refractivity contribution is 0.173. The predicted octanol–water partition coefficient (Wildman–Crippen LogP) is -0.144. The van der Waals surface area contributed by atoms with Crippen LogP contribution in [-0.4, -0.2) is 24.9 Å². The van der Waals surface area contributed by atoms with Crippen LogP contribution >= 0.6 is 0 Å². The van der Waals surface area contributed by atoms with Gasteiger partial charge in [0.1, 0.15) is 0 Å². The van der Waals surface area contributed by atoms with Gasteiger partial charge in [-0.3, -0.25) is 0 Å². The second-order valence-electron chi connectivity index (χ2n) is 1.85. The number of hydrogen-bond donors (Lipinski definition) is 2. The van der Waals surface area contributed by atoms with Crippen LogP contribution in [0.1, 0.15) is 6.92 Å². The highest BCUT2D eigenvalue weighted by Crippen LogP contribution is 1.98. The van der Waals surface area contributed by atoms with Crippen LogP contribution in [0, 0.1) is 0 Å². The van der Waals surface area contributed by atoms with Crippen LogP contribution in [0.5, 0.6) is 0 Å². The molecule has 0 saturated heterocycles. The van der Waals surface area contributed by atoms with Crippen molar-refractivity contribution in [3.8, 4) is 0 Å². The molecule has 0 aliphatic carbocycles. The maximum Gasteiger partial charge on any atom is 0.0761 e. The lowest BCUT2D eigenvalue weighted by Gasteiger charge is -2.06. The minimum Gasteiger partial charge on any atom is -0.404 e. The monoisotopic (exact) mass is 131 g/mol. The largest absolute Gasteiger partial charge is 0.404 e. The molecule has 0 heterocycles. The molecule has 0 aliphatic heterocycles. The van der Waals surface area contributed by atoms with E-state index >= 15 is 0 Å². The molecule has 0 bridgehead atoms. The highest BCUT2D eigenvalue weighted by atomic mass is 16.5. The quantitative estimate of drug-likeness (QED) is 0.560.